The molecule has 0 unspecified atom stereocenters. The molecule has 0 atom stereocenters. The number of hydrogen-bond acceptors (Lipinski definition) is 6. The van der Waals surface area contributed by atoms with E-state index in [0.717, 1.165) is 34.1 Å². The molecule has 9 heteroatoms. The first-order valence-corrected chi connectivity index (χ1v) is 15.5. The molecule has 3 heterocycles. The predicted octanol–water partition coefficient (Wildman–Crippen LogP) is 9.66. The summed E-state index contributed by atoms with van der Waals surface area (Å²) in [5.41, 5.74) is 1.96. The van der Waals surface area contributed by atoms with Crippen molar-refractivity contribution in [2.45, 2.75) is 123 Å². The molecule has 206 valence electrons. The average molecular weight is 552 g/mol. The van der Waals surface area contributed by atoms with Crippen molar-refractivity contribution in [2.75, 3.05) is 0 Å². The highest BCUT2D eigenvalue weighted by atomic mass is 32.2. The molecule has 2 aromatic heterocycles. The molecule has 0 radical (unpaired) electrons. The first-order chi connectivity index (χ1) is 17.9. The van der Waals surface area contributed by atoms with Gasteiger partial charge in [0, 0.05) is 16.6 Å². The van der Waals surface area contributed by atoms with Crippen molar-refractivity contribution in [1.29, 1.82) is 0 Å². The number of alkyl halides is 2. The number of nitrogens with one attached hydrogen (secondary N) is 1. The second kappa shape index (κ2) is 15.1. The molecule has 0 bridgehead atoms. The normalized spacial score (nSPS) is 16.0. The van der Waals surface area contributed by atoms with E-state index in [9.17, 15) is 8.78 Å². The number of imidazole rings is 1. The van der Waals surface area contributed by atoms with Crippen molar-refractivity contribution in [3.8, 4) is 10.7 Å². The quantitative estimate of drug-likeness (QED) is 0.187. The number of halogens is 2. The highest BCUT2D eigenvalue weighted by Crippen LogP contribution is 2.39. The summed E-state index contributed by atoms with van der Waals surface area (Å²) in [5, 5.41) is 7.68. The Bertz CT molecular complexity index is 1010. The first kappa shape index (κ1) is 30.0. The third-order valence-corrected chi connectivity index (χ3v) is 8.85. The minimum atomic E-state index is -2.61. The van der Waals surface area contributed by atoms with E-state index in [2.05, 4.69) is 46.8 Å². The van der Waals surface area contributed by atoms with Crippen molar-refractivity contribution in [2.24, 2.45) is 0 Å². The Labute approximate surface area is 229 Å². The largest absolute Gasteiger partial charge is 0.296 e. The number of hydrogen-bond donors (Lipinski definition) is 1. The van der Waals surface area contributed by atoms with Gasteiger partial charge in [-0.15, -0.1) is 10.2 Å². The second-order valence-corrected chi connectivity index (χ2v) is 12.3. The van der Waals surface area contributed by atoms with Crippen LogP contribution in [0.5, 0.6) is 0 Å². The van der Waals surface area contributed by atoms with Crippen molar-refractivity contribution < 1.29 is 8.78 Å². The average Bonchev–Trinajstić information content (AvgIpc) is 3.28. The third kappa shape index (κ3) is 9.59. The summed E-state index contributed by atoms with van der Waals surface area (Å²) in [7, 11) is 0. The van der Waals surface area contributed by atoms with E-state index in [-0.39, 0.29) is 10.5 Å². The van der Waals surface area contributed by atoms with E-state index >= 15 is 0 Å². The Hall–Kier alpha value is -1.58. The number of allylic oxidation sites excluding steroid dienone is 3. The lowest BCUT2D eigenvalue weighted by Gasteiger charge is -2.12. The minimum absolute atomic E-state index is 0.225. The highest BCUT2D eigenvalue weighted by Gasteiger charge is 2.37. The lowest BCUT2D eigenvalue weighted by Crippen LogP contribution is -2.20. The topological polar surface area (TPSA) is 55.6 Å². The van der Waals surface area contributed by atoms with Crippen LogP contribution in [-0.2, 0) is 0 Å². The third-order valence-electron chi connectivity index (χ3n) is 6.76. The van der Waals surface area contributed by atoms with Crippen LogP contribution >= 0.6 is 23.3 Å². The van der Waals surface area contributed by atoms with Gasteiger partial charge in [0.2, 0.25) is 0 Å². The van der Waals surface area contributed by atoms with Gasteiger partial charge >= 0.3 is 0 Å². The summed E-state index contributed by atoms with van der Waals surface area (Å²) in [5.74, 6) is 0.803. The van der Waals surface area contributed by atoms with E-state index in [1.54, 1.807) is 18.1 Å². The Kier molecular flexibility index (Phi) is 12.2. The van der Waals surface area contributed by atoms with E-state index < -0.39 is 6.43 Å². The van der Waals surface area contributed by atoms with Gasteiger partial charge in [-0.25, -0.2) is 13.8 Å². The maximum atomic E-state index is 12.8. The second-order valence-electron chi connectivity index (χ2n) is 10.4. The summed E-state index contributed by atoms with van der Waals surface area (Å²) >= 11 is 2.53. The molecular formula is C28H43F2N5S2. The smallest absolute Gasteiger partial charge is 0.291 e. The Morgan fingerprint density at radius 2 is 1.65 bits per heavy atom. The monoisotopic (exact) mass is 551 g/mol. The molecular weight excluding hydrogens is 508 g/mol. The molecule has 1 N–H and O–H groups in total. The van der Waals surface area contributed by atoms with Crippen molar-refractivity contribution >= 4 is 35.1 Å². The molecule has 0 spiro atoms. The van der Waals surface area contributed by atoms with Gasteiger partial charge in [0.15, 0.2) is 10.0 Å². The standard InChI is InChI=1S/C16H17F2N5S2.C12H26/c1-9-3-4-10(25-22-16(2)5-6-16)8-23-11(7-19-13(9)23)14-20-21-15(24-14)12(17)18;1-3-5-7-9-11-12-10-8-6-4-2/h3,7-8,12,22H,4-6H2,1-2H3;3-12H2,1-2H3. The zero-order valence-electron chi connectivity index (χ0n) is 22.9. The van der Waals surface area contributed by atoms with Crippen LogP contribution in [0.1, 0.15) is 128 Å². The SMILES string of the molecule is CC1=CCC(SNC2(C)CC2)=Cn2c(-c3nnc(C(F)F)s3)cnc21.CCCCCCCCCCCC. The lowest BCUT2D eigenvalue weighted by atomic mass is 10.1. The van der Waals surface area contributed by atoms with E-state index in [1.165, 1.54) is 77.0 Å². The van der Waals surface area contributed by atoms with Crippen molar-refractivity contribution in [3.05, 3.63) is 28.0 Å². The molecule has 2 aliphatic rings. The van der Waals surface area contributed by atoms with Crippen LogP contribution in [0.3, 0.4) is 0 Å². The molecule has 1 aliphatic heterocycles. The molecule has 2 aromatic rings. The molecule has 0 aromatic carbocycles. The molecule has 5 nitrogen and oxygen atoms in total. The van der Waals surface area contributed by atoms with Crippen LogP contribution in [0.25, 0.3) is 22.5 Å². The van der Waals surface area contributed by atoms with Crippen LogP contribution in [0.15, 0.2) is 17.2 Å². The summed E-state index contributed by atoms with van der Waals surface area (Å²) in [6, 6.07) is 0. The molecule has 1 saturated carbocycles. The Balaban J connectivity index is 0.000000270. The maximum absolute atomic E-state index is 12.8. The van der Waals surface area contributed by atoms with Gasteiger partial charge in [-0.1, -0.05) is 95.5 Å². The lowest BCUT2D eigenvalue weighted by molar-refractivity contribution is 0.150. The van der Waals surface area contributed by atoms with Crippen LogP contribution < -0.4 is 4.72 Å². The fraction of sp³-hybridized carbons (Fsp3) is 0.679. The number of unbranched alkanes of at least 4 members (excludes halogenated alkanes) is 9. The van der Waals surface area contributed by atoms with Gasteiger partial charge in [-0.2, -0.15) is 0 Å². The van der Waals surface area contributed by atoms with Gasteiger partial charge in [0.25, 0.3) is 6.43 Å². The molecule has 1 aliphatic carbocycles. The van der Waals surface area contributed by atoms with E-state index in [4.69, 9.17) is 0 Å². The minimum Gasteiger partial charge on any atom is -0.296 e. The Morgan fingerprint density at radius 3 is 2.19 bits per heavy atom. The van der Waals surface area contributed by atoms with E-state index in [0.29, 0.717) is 10.7 Å². The number of aromatic nitrogens is 4. The molecule has 4 rings (SSSR count). The predicted molar refractivity (Wildman–Crippen MR) is 155 cm³/mol. The molecule has 37 heavy (non-hydrogen) atoms. The fourth-order valence-electron chi connectivity index (χ4n) is 4.02. The summed E-state index contributed by atoms with van der Waals surface area (Å²) < 4.78 is 31.1. The van der Waals surface area contributed by atoms with Gasteiger partial charge < -0.3 is 0 Å². The zero-order chi connectivity index (χ0) is 26.7. The van der Waals surface area contributed by atoms with Gasteiger partial charge in [0.1, 0.15) is 11.5 Å². The number of nitrogens with zero attached hydrogens (tertiary/aromatic N) is 4. The highest BCUT2D eigenvalue weighted by molar-refractivity contribution is 8.01. The maximum Gasteiger partial charge on any atom is 0.291 e. The number of fused-ring (bicyclic) bond motifs is 1. The number of rotatable bonds is 14. The summed E-state index contributed by atoms with van der Waals surface area (Å²) in [6.45, 7) is 8.77. The van der Waals surface area contributed by atoms with Crippen molar-refractivity contribution in [1.82, 2.24) is 24.5 Å². The van der Waals surface area contributed by atoms with Gasteiger partial charge in [-0.3, -0.25) is 9.29 Å². The van der Waals surface area contributed by atoms with Gasteiger partial charge in [0.05, 0.1) is 6.20 Å². The van der Waals surface area contributed by atoms with Crippen LogP contribution in [0.4, 0.5) is 8.78 Å². The summed E-state index contributed by atoms with van der Waals surface area (Å²) in [4.78, 5) is 5.60. The molecule has 0 saturated heterocycles. The summed E-state index contributed by atoms with van der Waals surface area (Å²) in [6.07, 6.45) is 20.8. The fourth-order valence-corrected chi connectivity index (χ4v) is 5.63. The first-order valence-electron chi connectivity index (χ1n) is 13.9. The van der Waals surface area contributed by atoms with Gasteiger partial charge in [-0.05, 0) is 50.6 Å². The van der Waals surface area contributed by atoms with Crippen LogP contribution in [-0.4, -0.2) is 25.3 Å². The van der Waals surface area contributed by atoms with Crippen molar-refractivity contribution in [3.63, 3.8) is 0 Å². The Morgan fingerprint density at radius 1 is 1.03 bits per heavy atom. The van der Waals surface area contributed by atoms with E-state index in [1.807, 2.05) is 17.7 Å². The van der Waals surface area contributed by atoms with Crippen LogP contribution in [0.2, 0.25) is 0 Å². The van der Waals surface area contributed by atoms with Crippen LogP contribution in [0, 0.1) is 0 Å². The zero-order valence-corrected chi connectivity index (χ0v) is 24.5. The molecule has 1 fully saturated rings. The molecule has 0 amide bonds.